The zero-order valence-electron chi connectivity index (χ0n) is 27.8. The Hall–Kier alpha value is -1.56. The Balaban J connectivity index is 3.45. The number of benzene rings is 1. The van der Waals surface area contributed by atoms with Crippen LogP contribution in [0.5, 0.6) is 0 Å². The Morgan fingerprint density at radius 3 is 1.52 bits per heavy atom. The van der Waals surface area contributed by atoms with Crippen LogP contribution in [0, 0.1) is 6.92 Å². The van der Waals surface area contributed by atoms with E-state index in [4.69, 9.17) is 4.18 Å². The van der Waals surface area contributed by atoms with E-state index in [1.165, 1.54) is 12.1 Å². The fourth-order valence-electron chi connectivity index (χ4n) is 4.68. The third-order valence-corrected chi connectivity index (χ3v) is 11.4. The molecule has 1 rings (SSSR count). The van der Waals surface area contributed by atoms with Crippen molar-refractivity contribution in [3.05, 3.63) is 29.8 Å². The van der Waals surface area contributed by atoms with Crippen molar-refractivity contribution in [3.8, 4) is 0 Å². The molecular formula is C28H45F6NO11S4. The minimum absolute atomic E-state index is 0.0533. The molecule has 1 N–H and O–H groups in total. The Labute approximate surface area is 291 Å². The summed E-state index contributed by atoms with van der Waals surface area (Å²) in [5.41, 5.74) is -11.8. The summed E-state index contributed by atoms with van der Waals surface area (Å²) in [6, 6.07) is 1.75. The number of rotatable bonds is 25. The van der Waals surface area contributed by atoms with E-state index in [-0.39, 0.29) is 6.42 Å². The smallest absolute Gasteiger partial charge is 0.264 e. The van der Waals surface area contributed by atoms with Gasteiger partial charge in [-0.25, -0.2) is 13.1 Å². The molecule has 0 aromatic heterocycles. The number of alkyl halides is 6. The number of hydrogen-bond donors (Lipinski definition) is 1. The maximum absolute atomic E-state index is 13.5. The second-order valence-electron chi connectivity index (χ2n) is 11.7. The quantitative estimate of drug-likeness (QED) is 0.0517. The average molecular weight is 814 g/mol. The van der Waals surface area contributed by atoms with Crippen LogP contribution in [0.15, 0.2) is 29.2 Å². The van der Waals surface area contributed by atoms with E-state index in [2.05, 4.69) is 15.3 Å². The summed E-state index contributed by atoms with van der Waals surface area (Å²) in [6.45, 7) is 1.67. The lowest BCUT2D eigenvalue weighted by Crippen LogP contribution is -2.55. The molecule has 0 aliphatic heterocycles. The van der Waals surface area contributed by atoms with Gasteiger partial charge < -0.3 is 0 Å². The van der Waals surface area contributed by atoms with Gasteiger partial charge in [-0.05, 0) is 25.5 Å². The first-order chi connectivity index (χ1) is 22.8. The van der Waals surface area contributed by atoms with Crippen molar-refractivity contribution in [1.29, 1.82) is 0 Å². The molecule has 0 spiro atoms. The maximum Gasteiger partial charge on any atom is 0.523 e. The molecule has 0 saturated heterocycles. The van der Waals surface area contributed by atoms with Gasteiger partial charge in [0.25, 0.3) is 10.1 Å². The van der Waals surface area contributed by atoms with E-state index >= 15 is 0 Å². The first kappa shape index (κ1) is 46.5. The Bertz CT molecular complexity index is 1600. The van der Waals surface area contributed by atoms with Crippen molar-refractivity contribution in [1.82, 2.24) is 4.72 Å². The van der Waals surface area contributed by atoms with Crippen LogP contribution >= 0.6 is 0 Å². The number of sulfonamides is 1. The van der Waals surface area contributed by atoms with E-state index < -0.39 is 87.6 Å². The van der Waals surface area contributed by atoms with Gasteiger partial charge in [0, 0.05) is 0 Å². The van der Waals surface area contributed by atoms with Gasteiger partial charge in [0.2, 0.25) is 10.0 Å². The number of hydrogen-bond acceptors (Lipinski definition) is 11. The van der Waals surface area contributed by atoms with Gasteiger partial charge in [0.1, 0.15) is 12.2 Å². The van der Waals surface area contributed by atoms with Crippen LogP contribution in [0.25, 0.3) is 0 Å². The standard InChI is InChI=1S/C28H45F6NO11S4/c1-4-5-6-7-8-9-10-11-12-13-14-15-16-25(45-47(3,36)37)26(46-50(42,43)28(32,33)34)24(21-44-49(40,41)27(29,30)31)35-48(38,39)23-19-17-22(2)18-20-23/h17-20,24-26,35H,4-16,21H2,1-3H3/t24-,25-,26-/m1/s1. The normalized spacial score (nSPS) is 15.5. The molecule has 0 aliphatic carbocycles. The molecule has 294 valence electrons. The molecule has 0 fully saturated rings. The van der Waals surface area contributed by atoms with Crippen molar-refractivity contribution in [2.45, 2.75) is 131 Å². The zero-order chi connectivity index (χ0) is 38.4. The third-order valence-electron chi connectivity index (χ3n) is 7.25. The Morgan fingerprint density at radius 2 is 1.10 bits per heavy atom. The van der Waals surface area contributed by atoms with Crippen molar-refractivity contribution >= 4 is 40.4 Å². The Morgan fingerprint density at radius 1 is 0.660 bits per heavy atom. The molecule has 0 radical (unpaired) electrons. The molecule has 12 nitrogen and oxygen atoms in total. The fraction of sp³-hybridized carbons (Fsp3) is 0.786. The van der Waals surface area contributed by atoms with Crippen LogP contribution in [0.4, 0.5) is 26.3 Å². The lowest BCUT2D eigenvalue weighted by atomic mass is 10.00. The molecule has 0 heterocycles. The van der Waals surface area contributed by atoms with Gasteiger partial charge in [-0.2, -0.15) is 51.6 Å². The largest absolute Gasteiger partial charge is 0.523 e. The van der Waals surface area contributed by atoms with Gasteiger partial charge in [-0.3, -0.25) is 12.5 Å². The van der Waals surface area contributed by atoms with E-state index in [0.29, 0.717) is 24.7 Å². The molecule has 1 aromatic carbocycles. The van der Waals surface area contributed by atoms with Gasteiger partial charge >= 0.3 is 31.3 Å². The summed E-state index contributed by atoms with van der Waals surface area (Å²) < 4.78 is 193. The molecule has 50 heavy (non-hydrogen) atoms. The van der Waals surface area contributed by atoms with Gasteiger partial charge in [0.05, 0.1) is 23.8 Å². The SMILES string of the molecule is CCCCCCCCCCCCCC[C@@H](OS(C)(=O)=O)[C@H](OS(=O)(=O)C(F)(F)F)[C@@H](COS(=O)(=O)C(F)(F)F)NS(=O)(=O)c1ccc(C)cc1. The number of nitrogens with one attached hydrogen (secondary N) is 1. The second kappa shape index (κ2) is 20.0. The maximum atomic E-state index is 13.5. The highest BCUT2D eigenvalue weighted by Crippen LogP contribution is 2.31. The van der Waals surface area contributed by atoms with Crippen LogP contribution in [0.1, 0.15) is 96.0 Å². The number of aryl methyl sites for hydroxylation is 1. The van der Waals surface area contributed by atoms with Gasteiger partial charge in [0.15, 0.2) is 0 Å². The lowest BCUT2D eigenvalue weighted by molar-refractivity contribution is -0.0671. The van der Waals surface area contributed by atoms with Crippen molar-refractivity contribution < 1.29 is 72.6 Å². The molecular weight excluding hydrogens is 769 g/mol. The zero-order valence-corrected chi connectivity index (χ0v) is 31.1. The van der Waals surface area contributed by atoms with Crippen molar-refractivity contribution in [2.24, 2.45) is 0 Å². The summed E-state index contributed by atoms with van der Waals surface area (Å²) in [5.74, 6) is 0. The van der Waals surface area contributed by atoms with E-state index in [1.54, 1.807) is 11.6 Å². The molecule has 22 heteroatoms. The first-order valence-corrected chi connectivity index (χ1v) is 21.9. The molecule has 0 unspecified atom stereocenters. The van der Waals surface area contributed by atoms with Crippen molar-refractivity contribution in [2.75, 3.05) is 12.9 Å². The van der Waals surface area contributed by atoms with Crippen LogP contribution in [-0.2, 0) is 52.9 Å². The highest BCUT2D eigenvalue weighted by Gasteiger charge is 2.53. The first-order valence-electron chi connectivity index (χ1n) is 15.8. The van der Waals surface area contributed by atoms with Crippen LogP contribution in [0.2, 0.25) is 0 Å². The topological polar surface area (TPSA) is 176 Å². The minimum Gasteiger partial charge on any atom is -0.264 e. The van der Waals surface area contributed by atoms with Gasteiger partial charge in [-0.15, -0.1) is 0 Å². The fourth-order valence-corrected chi connectivity index (χ4v) is 7.68. The van der Waals surface area contributed by atoms with Gasteiger partial charge in [-0.1, -0.05) is 102 Å². The molecule has 0 saturated carbocycles. The predicted octanol–water partition coefficient (Wildman–Crippen LogP) is 6.18. The van der Waals surface area contributed by atoms with E-state index in [1.807, 2.05) is 0 Å². The second-order valence-corrected chi connectivity index (χ2v) is 18.2. The Kier molecular flexibility index (Phi) is 18.6. The van der Waals surface area contributed by atoms with Crippen molar-refractivity contribution in [3.63, 3.8) is 0 Å². The molecule has 1 aromatic rings. The number of unbranched alkanes of at least 4 members (excludes halogenated alkanes) is 11. The van der Waals surface area contributed by atoms with Crippen LogP contribution in [-0.4, -0.2) is 75.8 Å². The molecule has 0 bridgehead atoms. The summed E-state index contributed by atoms with van der Waals surface area (Å²) >= 11 is 0. The summed E-state index contributed by atoms with van der Waals surface area (Å²) in [4.78, 5) is -0.634. The third kappa shape index (κ3) is 16.8. The molecule has 3 atom stereocenters. The monoisotopic (exact) mass is 813 g/mol. The van der Waals surface area contributed by atoms with E-state index in [0.717, 1.165) is 69.9 Å². The minimum atomic E-state index is -6.74. The summed E-state index contributed by atoms with van der Waals surface area (Å²) in [6.07, 6.45) is 4.56. The predicted molar refractivity (Wildman–Crippen MR) is 171 cm³/mol. The number of halogens is 6. The van der Waals surface area contributed by atoms with Crippen LogP contribution in [0.3, 0.4) is 0 Å². The molecule has 0 aliphatic rings. The average Bonchev–Trinajstić information content (AvgIpc) is 2.96. The highest BCUT2D eigenvalue weighted by atomic mass is 32.2. The highest BCUT2D eigenvalue weighted by molar-refractivity contribution is 7.89. The van der Waals surface area contributed by atoms with Crippen LogP contribution < -0.4 is 4.72 Å². The molecule has 0 amide bonds. The van der Waals surface area contributed by atoms with E-state index in [9.17, 15) is 60.0 Å². The summed E-state index contributed by atoms with van der Waals surface area (Å²) in [5, 5.41) is 0. The summed E-state index contributed by atoms with van der Waals surface area (Å²) in [7, 11) is -23.0. The lowest BCUT2D eigenvalue weighted by Gasteiger charge is -2.32.